The highest BCUT2D eigenvalue weighted by Crippen LogP contribution is 2.17. The normalized spacial score (nSPS) is 10.0. The van der Waals surface area contributed by atoms with E-state index in [0.717, 1.165) is 0 Å². The first-order valence-electron chi connectivity index (χ1n) is 6.14. The molecule has 0 aliphatic carbocycles. The predicted molar refractivity (Wildman–Crippen MR) is 81.5 cm³/mol. The molecule has 0 fully saturated rings. The molecule has 6 heteroatoms. The molecule has 0 atom stereocenters. The number of halogens is 2. The lowest BCUT2D eigenvalue weighted by atomic mass is 10.2. The third kappa shape index (κ3) is 4.39. The van der Waals surface area contributed by atoms with Crippen LogP contribution in [0.5, 0.6) is 0 Å². The molecule has 4 nitrogen and oxygen atoms in total. The Bertz CT molecular complexity index is 662. The van der Waals surface area contributed by atoms with Crippen LogP contribution in [0.4, 0.5) is 10.1 Å². The summed E-state index contributed by atoms with van der Waals surface area (Å²) in [5.74, 6) is -1.24. The average molecular weight is 351 g/mol. The number of nitrogens with one attached hydrogen (secondary N) is 2. The molecule has 0 aliphatic rings. The molecule has 0 radical (unpaired) electrons. The number of rotatable bonds is 4. The maximum Gasteiger partial charge on any atom is 0.252 e. The number of para-hydroxylation sites is 1. The van der Waals surface area contributed by atoms with Crippen LogP contribution in [-0.2, 0) is 4.79 Å². The van der Waals surface area contributed by atoms with Gasteiger partial charge in [-0.2, -0.15) is 0 Å². The van der Waals surface area contributed by atoms with Gasteiger partial charge >= 0.3 is 0 Å². The zero-order valence-corrected chi connectivity index (χ0v) is 12.5. The smallest absolute Gasteiger partial charge is 0.252 e. The Labute approximate surface area is 129 Å². The highest BCUT2D eigenvalue weighted by molar-refractivity contribution is 9.10. The number of carbonyl (C=O) groups is 2. The summed E-state index contributed by atoms with van der Waals surface area (Å²) in [6, 6.07) is 12.6. The fraction of sp³-hybridized carbons (Fsp3) is 0.0667. The van der Waals surface area contributed by atoms with Crippen LogP contribution in [0, 0.1) is 5.82 Å². The Morgan fingerprint density at radius 2 is 1.81 bits per heavy atom. The van der Waals surface area contributed by atoms with Gasteiger partial charge in [-0.3, -0.25) is 9.59 Å². The van der Waals surface area contributed by atoms with Crippen molar-refractivity contribution in [2.45, 2.75) is 0 Å². The Morgan fingerprint density at radius 3 is 2.48 bits per heavy atom. The van der Waals surface area contributed by atoms with Crippen LogP contribution in [0.15, 0.2) is 53.0 Å². The summed E-state index contributed by atoms with van der Waals surface area (Å²) in [5.41, 5.74) is 0.920. The molecule has 0 spiro atoms. The Balaban J connectivity index is 1.90. The Hall–Kier alpha value is -2.21. The maximum absolute atomic E-state index is 12.9. The van der Waals surface area contributed by atoms with Gasteiger partial charge in [0.15, 0.2) is 0 Å². The highest BCUT2D eigenvalue weighted by atomic mass is 79.9. The van der Waals surface area contributed by atoms with E-state index in [1.165, 1.54) is 18.2 Å². The van der Waals surface area contributed by atoms with E-state index in [1.54, 1.807) is 24.3 Å². The molecule has 0 saturated heterocycles. The van der Waals surface area contributed by atoms with Gasteiger partial charge in [-0.1, -0.05) is 18.2 Å². The Morgan fingerprint density at radius 1 is 1.10 bits per heavy atom. The summed E-state index contributed by atoms with van der Waals surface area (Å²) in [7, 11) is 0. The van der Waals surface area contributed by atoms with Crippen molar-refractivity contribution in [3.8, 4) is 0 Å². The van der Waals surface area contributed by atoms with Crippen molar-refractivity contribution in [2.75, 3.05) is 11.9 Å². The molecule has 0 saturated carbocycles. The molecule has 108 valence electrons. The summed E-state index contributed by atoms with van der Waals surface area (Å²) in [4.78, 5) is 23.6. The van der Waals surface area contributed by atoms with Crippen LogP contribution in [0.1, 0.15) is 10.4 Å². The molecular formula is C15H12BrFN2O2. The number of anilines is 1. The highest BCUT2D eigenvalue weighted by Gasteiger charge is 2.12. The monoisotopic (exact) mass is 350 g/mol. The minimum Gasteiger partial charge on any atom is -0.343 e. The summed E-state index contributed by atoms with van der Waals surface area (Å²) in [5, 5.41) is 5.12. The van der Waals surface area contributed by atoms with Crippen molar-refractivity contribution in [3.63, 3.8) is 0 Å². The molecule has 21 heavy (non-hydrogen) atoms. The van der Waals surface area contributed by atoms with Crippen molar-refractivity contribution in [1.82, 2.24) is 5.32 Å². The number of amides is 2. The molecule has 0 aromatic heterocycles. The van der Waals surface area contributed by atoms with Crippen molar-refractivity contribution in [3.05, 3.63) is 64.4 Å². The minimum atomic E-state index is -0.454. The van der Waals surface area contributed by atoms with E-state index >= 15 is 0 Å². The van der Waals surface area contributed by atoms with Gasteiger partial charge in [0.05, 0.1) is 12.1 Å². The topological polar surface area (TPSA) is 58.2 Å². The van der Waals surface area contributed by atoms with E-state index < -0.39 is 11.7 Å². The SMILES string of the molecule is O=C(CNC(=O)c1ccc(F)cc1Br)Nc1ccccc1. The maximum atomic E-state index is 12.9. The largest absolute Gasteiger partial charge is 0.343 e. The second-order valence-corrected chi connectivity index (χ2v) is 5.08. The number of carbonyl (C=O) groups excluding carboxylic acids is 2. The van der Waals surface area contributed by atoms with Gasteiger partial charge in [0.25, 0.3) is 5.91 Å². The van der Waals surface area contributed by atoms with Gasteiger partial charge in [-0.15, -0.1) is 0 Å². The van der Waals surface area contributed by atoms with Gasteiger partial charge in [-0.05, 0) is 46.3 Å². The molecule has 0 aliphatic heterocycles. The lowest BCUT2D eigenvalue weighted by Crippen LogP contribution is -2.33. The second-order valence-electron chi connectivity index (χ2n) is 4.22. The molecule has 2 aromatic rings. The Kier molecular flexibility index (Phi) is 5.05. The average Bonchev–Trinajstić information content (AvgIpc) is 2.46. The molecule has 0 heterocycles. The summed E-state index contributed by atoms with van der Waals surface area (Å²) >= 11 is 3.11. The van der Waals surface area contributed by atoms with Crippen LogP contribution < -0.4 is 10.6 Å². The first kappa shape index (κ1) is 15.2. The molecular weight excluding hydrogens is 339 g/mol. The molecule has 0 unspecified atom stereocenters. The van der Waals surface area contributed by atoms with E-state index in [9.17, 15) is 14.0 Å². The standard InChI is InChI=1S/C15H12BrFN2O2/c16-13-8-10(17)6-7-12(13)15(21)18-9-14(20)19-11-4-2-1-3-5-11/h1-8H,9H2,(H,18,21)(H,19,20). The minimum absolute atomic E-state index is 0.169. The molecule has 2 rings (SSSR count). The summed E-state index contributed by atoms with van der Waals surface area (Å²) in [6.45, 7) is -0.169. The molecule has 2 amide bonds. The van der Waals surface area contributed by atoms with Crippen LogP contribution in [0.3, 0.4) is 0 Å². The van der Waals surface area contributed by atoms with Crippen molar-refractivity contribution in [1.29, 1.82) is 0 Å². The number of hydrogen-bond donors (Lipinski definition) is 2. The van der Waals surface area contributed by atoms with E-state index in [1.807, 2.05) is 6.07 Å². The number of benzene rings is 2. The first-order valence-corrected chi connectivity index (χ1v) is 6.94. The van der Waals surface area contributed by atoms with Crippen LogP contribution in [-0.4, -0.2) is 18.4 Å². The van der Waals surface area contributed by atoms with E-state index in [0.29, 0.717) is 10.2 Å². The summed E-state index contributed by atoms with van der Waals surface area (Å²) < 4.78 is 13.3. The van der Waals surface area contributed by atoms with Crippen LogP contribution in [0.2, 0.25) is 0 Å². The molecule has 0 bridgehead atoms. The van der Waals surface area contributed by atoms with Gasteiger partial charge in [0.2, 0.25) is 5.91 Å². The predicted octanol–water partition coefficient (Wildman–Crippen LogP) is 2.96. The first-order chi connectivity index (χ1) is 10.1. The van der Waals surface area contributed by atoms with Crippen LogP contribution >= 0.6 is 15.9 Å². The quantitative estimate of drug-likeness (QED) is 0.890. The molecule has 2 aromatic carbocycles. The third-order valence-electron chi connectivity index (χ3n) is 2.64. The van der Waals surface area contributed by atoms with Crippen LogP contribution in [0.25, 0.3) is 0 Å². The zero-order valence-electron chi connectivity index (χ0n) is 10.9. The second kappa shape index (κ2) is 6.99. The van der Waals surface area contributed by atoms with Crippen molar-refractivity contribution in [2.24, 2.45) is 0 Å². The van der Waals surface area contributed by atoms with E-state index in [2.05, 4.69) is 26.6 Å². The van der Waals surface area contributed by atoms with Gasteiger partial charge < -0.3 is 10.6 Å². The zero-order chi connectivity index (χ0) is 15.2. The van der Waals surface area contributed by atoms with Gasteiger partial charge in [0.1, 0.15) is 5.82 Å². The summed E-state index contributed by atoms with van der Waals surface area (Å²) in [6.07, 6.45) is 0. The fourth-order valence-electron chi connectivity index (χ4n) is 1.66. The number of hydrogen-bond acceptors (Lipinski definition) is 2. The van der Waals surface area contributed by atoms with Crippen molar-refractivity contribution < 1.29 is 14.0 Å². The fourth-order valence-corrected chi connectivity index (χ4v) is 2.19. The van der Waals surface area contributed by atoms with Crippen molar-refractivity contribution >= 4 is 33.4 Å². The van der Waals surface area contributed by atoms with E-state index in [4.69, 9.17) is 0 Å². The van der Waals surface area contributed by atoms with Gasteiger partial charge in [-0.25, -0.2) is 4.39 Å². The lowest BCUT2D eigenvalue weighted by molar-refractivity contribution is -0.115. The van der Waals surface area contributed by atoms with E-state index in [-0.39, 0.29) is 18.0 Å². The third-order valence-corrected chi connectivity index (χ3v) is 3.30. The van der Waals surface area contributed by atoms with Gasteiger partial charge in [0, 0.05) is 10.2 Å². The molecule has 2 N–H and O–H groups in total. The lowest BCUT2D eigenvalue weighted by Gasteiger charge is -2.08.